The number of halogens is 1. The van der Waals surface area contributed by atoms with Crippen molar-refractivity contribution in [3.05, 3.63) is 23.0 Å². The first-order chi connectivity index (χ1) is 7.08. The average Bonchev–Trinajstić information content (AvgIpc) is 2.50. The highest BCUT2D eigenvalue weighted by molar-refractivity contribution is 6.29. The van der Waals surface area contributed by atoms with E-state index in [2.05, 4.69) is 28.9 Å². The summed E-state index contributed by atoms with van der Waals surface area (Å²) in [5, 5.41) is 8.40. The summed E-state index contributed by atoms with van der Waals surface area (Å²) in [5.74, 6) is 0. The van der Waals surface area contributed by atoms with E-state index in [1.807, 2.05) is 6.07 Å². The van der Waals surface area contributed by atoms with E-state index in [1.54, 1.807) is 6.07 Å². The van der Waals surface area contributed by atoms with Gasteiger partial charge in [-0.15, -0.1) is 5.10 Å². The predicted molar refractivity (Wildman–Crippen MR) is 60.8 cm³/mol. The third kappa shape index (κ3) is 2.47. The smallest absolute Gasteiger partial charge is 0.151 e. The molecule has 0 spiro atoms. The molecule has 1 aliphatic heterocycles. The van der Waals surface area contributed by atoms with E-state index < -0.39 is 0 Å². The third-order valence-corrected chi connectivity index (χ3v) is 3.31. The number of nitrogens with zero attached hydrogens (tertiary/aromatic N) is 3. The van der Waals surface area contributed by atoms with Crippen molar-refractivity contribution in [1.82, 2.24) is 15.1 Å². The molecule has 1 aromatic rings. The van der Waals surface area contributed by atoms with Gasteiger partial charge in [0.15, 0.2) is 5.15 Å². The summed E-state index contributed by atoms with van der Waals surface area (Å²) in [7, 11) is 0. The highest BCUT2D eigenvalue weighted by Crippen LogP contribution is 2.29. The third-order valence-electron chi connectivity index (χ3n) is 3.11. The van der Waals surface area contributed by atoms with E-state index in [1.165, 1.54) is 12.8 Å². The number of likely N-dealkylation sites (tertiary alicyclic amines) is 1. The van der Waals surface area contributed by atoms with Crippen molar-refractivity contribution in [2.24, 2.45) is 0 Å². The summed E-state index contributed by atoms with van der Waals surface area (Å²) in [6.45, 7) is 6.58. The molecule has 0 saturated carbocycles. The molecule has 1 fully saturated rings. The fraction of sp³-hybridized carbons (Fsp3) is 0.636. The van der Waals surface area contributed by atoms with Crippen molar-refractivity contribution in [3.63, 3.8) is 0 Å². The molecule has 0 amide bonds. The lowest BCUT2D eigenvalue weighted by atomic mass is 10.0. The maximum absolute atomic E-state index is 5.70. The van der Waals surface area contributed by atoms with E-state index in [0.717, 1.165) is 18.8 Å². The molecule has 0 aromatic carbocycles. The molecule has 3 nitrogen and oxygen atoms in total. The molecule has 1 aromatic heterocycles. The predicted octanol–water partition coefficient (Wildman–Crippen LogP) is 2.50. The van der Waals surface area contributed by atoms with Crippen LogP contribution in [0.2, 0.25) is 5.15 Å². The molecule has 82 valence electrons. The first-order valence-electron chi connectivity index (χ1n) is 5.31. The fourth-order valence-corrected chi connectivity index (χ4v) is 2.18. The maximum atomic E-state index is 5.70. The molecule has 4 heteroatoms. The molecular weight excluding hydrogens is 210 g/mol. The Kier molecular flexibility index (Phi) is 2.94. The van der Waals surface area contributed by atoms with Gasteiger partial charge >= 0.3 is 0 Å². The van der Waals surface area contributed by atoms with Gasteiger partial charge in [-0.1, -0.05) is 11.6 Å². The second-order valence-electron chi connectivity index (χ2n) is 4.68. The van der Waals surface area contributed by atoms with Gasteiger partial charge in [0.1, 0.15) is 0 Å². The van der Waals surface area contributed by atoms with Gasteiger partial charge in [-0.05, 0) is 45.4 Å². The molecule has 0 aliphatic carbocycles. The highest BCUT2D eigenvalue weighted by atomic mass is 35.5. The first-order valence-corrected chi connectivity index (χ1v) is 5.69. The van der Waals surface area contributed by atoms with Gasteiger partial charge in [-0.3, -0.25) is 4.90 Å². The number of rotatable bonds is 2. The SMILES string of the molecule is CC1(C)CCCN1Cc1ccc(Cl)nn1. The summed E-state index contributed by atoms with van der Waals surface area (Å²) >= 11 is 5.70. The van der Waals surface area contributed by atoms with Crippen molar-refractivity contribution in [2.75, 3.05) is 6.54 Å². The summed E-state index contributed by atoms with van der Waals surface area (Å²) < 4.78 is 0. The summed E-state index contributed by atoms with van der Waals surface area (Å²) in [5.41, 5.74) is 1.29. The van der Waals surface area contributed by atoms with Crippen LogP contribution in [0.4, 0.5) is 0 Å². The van der Waals surface area contributed by atoms with Crippen LogP contribution in [0.15, 0.2) is 12.1 Å². The van der Waals surface area contributed by atoms with E-state index in [9.17, 15) is 0 Å². The van der Waals surface area contributed by atoms with E-state index in [0.29, 0.717) is 10.7 Å². The first kappa shape index (κ1) is 10.8. The molecule has 0 radical (unpaired) electrons. The topological polar surface area (TPSA) is 29.0 Å². The van der Waals surface area contributed by atoms with E-state index in [-0.39, 0.29) is 0 Å². The van der Waals surface area contributed by atoms with Crippen molar-refractivity contribution in [3.8, 4) is 0 Å². The van der Waals surface area contributed by atoms with Crippen LogP contribution in [0.5, 0.6) is 0 Å². The quantitative estimate of drug-likeness (QED) is 0.775. The number of aromatic nitrogens is 2. The van der Waals surface area contributed by atoms with Gasteiger partial charge in [0.25, 0.3) is 0 Å². The zero-order valence-corrected chi connectivity index (χ0v) is 9.96. The summed E-state index contributed by atoms with van der Waals surface area (Å²) in [6.07, 6.45) is 2.53. The lowest BCUT2D eigenvalue weighted by Gasteiger charge is -2.30. The Bertz CT molecular complexity index is 334. The average molecular weight is 226 g/mol. The van der Waals surface area contributed by atoms with Crippen LogP contribution in [0.1, 0.15) is 32.4 Å². The highest BCUT2D eigenvalue weighted by Gasteiger charge is 2.31. The minimum Gasteiger partial charge on any atom is -0.292 e. The van der Waals surface area contributed by atoms with E-state index >= 15 is 0 Å². The zero-order valence-electron chi connectivity index (χ0n) is 9.20. The Balaban J connectivity index is 2.06. The van der Waals surface area contributed by atoms with Crippen LogP contribution in [0.3, 0.4) is 0 Å². The molecule has 2 heterocycles. The standard InChI is InChI=1S/C11H16ClN3/c1-11(2)6-3-7-15(11)8-9-4-5-10(12)14-13-9/h4-5H,3,6-8H2,1-2H3. The summed E-state index contributed by atoms with van der Waals surface area (Å²) in [6, 6.07) is 3.75. The minimum absolute atomic E-state index is 0.293. The van der Waals surface area contributed by atoms with Gasteiger partial charge < -0.3 is 0 Å². The van der Waals surface area contributed by atoms with Gasteiger partial charge in [0, 0.05) is 12.1 Å². The molecule has 0 N–H and O–H groups in total. The van der Waals surface area contributed by atoms with Crippen molar-refractivity contribution < 1.29 is 0 Å². The van der Waals surface area contributed by atoms with Crippen LogP contribution < -0.4 is 0 Å². The van der Waals surface area contributed by atoms with Gasteiger partial charge in [-0.2, -0.15) is 5.10 Å². The Morgan fingerprint density at radius 2 is 2.20 bits per heavy atom. The van der Waals surface area contributed by atoms with Crippen LogP contribution >= 0.6 is 11.6 Å². The molecular formula is C11H16ClN3. The van der Waals surface area contributed by atoms with Gasteiger partial charge in [0.2, 0.25) is 0 Å². The molecule has 0 unspecified atom stereocenters. The van der Waals surface area contributed by atoms with Crippen LogP contribution in [0.25, 0.3) is 0 Å². The zero-order chi connectivity index (χ0) is 10.9. The van der Waals surface area contributed by atoms with Gasteiger partial charge in [0.05, 0.1) is 5.69 Å². The van der Waals surface area contributed by atoms with Crippen molar-refractivity contribution in [1.29, 1.82) is 0 Å². The van der Waals surface area contributed by atoms with Crippen LogP contribution in [-0.4, -0.2) is 27.2 Å². The van der Waals surface area contributed by atoms with Gasteiger partial charge in [-0.25, -0.2) is 0 Å². The monoisotopic (exact) mass is 225 g/mol. The second kappa shape index (κ2) is 4.06. The van der Waals surface area contributed by atoms with Crippen molar-refractivity contribution in [2.45, 2.75) is 38.8 Å². The Morgan fingerprint density at radius 1 is 1.40 bits per heavy atom. The largest absolute Gasteiger partial charge is 0.292 e. The molecule has 2 rings (SSSR count). The molecule has 0 bridgehead atoms. The second-order valence-corrected chi connectivity index (χ2v) is 5.07. The van der Waals surface area contributed by atoms with E-state index in [4.69, 9.17) is 11.6 Å². The van der Waals surface area contributed by atoms with Crippen LogP contribution in [-0.2, 0) is 6.54 Å². The molecule has 15 heavy (non-hydrogen) atoms. The number of hydrogen-bond donors (Lipinski definition) is 0. The molecule has 1 saturated heterocycles. The minimum atomic E-state index is 0.293. The molecule has 0 atom stereocenters. The Hall–Kier alpha value is -0.670. The number of hydrogen-bond acceptors (Lipinski definition) is 3. The maximum Gasteiger partial charge on any atom is 0.151 e. The summed E-state index contributed by atoms with van der Waals surface area (Å²) in [4.78, 5) is 2.45. The van der Waals surface area contributed by atoms with Crippen molar-refractivity contribution >= 4 is 11.6 Å². The van der Waals surface area contributed by atoms with Crippen LogP contribution in [0, 0.1) is 0 Å². The lowest BCUT2D eigenvalue weighted by Crippen LogP contribution is -2.37. The normalized spacial score (nSPS) is 20.7. The lowest BCUT2D eigenvalue weighted by molar-refractivity contribution is 0.164. The Labute approximate surface area is 95.5 Å². The Morgan fingerprint density at radius 3 is 2.73 bits per heavy atom. The fourth-order valence-electron chi connectivity index (χ4n) is 2.08. The molecule has 1 aliphatic rings.